The Hall–Kier alpha value is -2.49. The van der Waals surface area contributed by atoms with Crippen LogP contribution in [0.2, 0.25) is 0 Å². The summed E-state index contributed by atoms with van der Waals surface area (Å²) in [4.78, 5) is 20.9. The molecule has 0 amide bonds. The zero-order valence-electron chi connectivity index (χ0n) is 17.5. The lowest BCUT2D eigenvalue weighted by Gasteiger charge is -2.27. The summed E-state index contributed by atoms with van der Waals surface area (Å²) in [5.74, 6) is -3.04. The van der Waals surface area contributed by atoms with Crippen LogP contribution in [0.1, 0.15) is 47.3 Å². The fraction of sp³-hybridized carbons (Fsp3) is 0.524. The summed E-state index contributed by atoms with van der Waals surface area (Å²) in [7, 11) is 0. The van der Waals surface area contributed by atoms with Gasteiger partial charge < -0.3 is 15.0 Å². The van der Waals surface area contributed by atoms with Crippen LogP contribution in [0, 0.1) is 20.8 Å². The van der Waals surface area contributed by atoms with Gasteiger partial charge in [-0.25, -0.2) is 13.8 Å². The molecular weight excluding hydrogens is 421 g/mol. The molecule has 0 saturated carbocycles. The maximum Gasteiger partial charge on any atom is 0.433 e. The van der Waals surface area contributed by atoms with E-state index >= 15 is 0 Å². The van der Waals surface area contributed by atoms with Crippen molar-refractivity contribution < 1.29 is 27.1 Å². The van der Waals surface area contributed by atoms with Gasteiger partial charge in [0.1, 0.15) is 11.5 Å². The van der Waals surface area contributed by atoms with Crippen LogP contribution in [0.25, 0.3) is 11.3 Å². The fourth-order valence-electron chi connectivity index (χ4n) is 3.84. The van der Waals surface area contributed by atoms with Crippen LogP contribution in [0.4, 0.5) is 27.8 Å². The van der Waals surface area contributed by atoms with Crippen molar-refractivity contribution in [2.45, 2.75) is 58.7 Å². The van der Waals surface area contributed by atoms with E-state index in [9.17, 15) is 31.9 Å². The van der Waals surface area contributed by atoms with E-state index in [0.717, 1.165) is 0 Å². The molecule has 1 saturated heterocycles. The first-order chi connectivity index (χ1) is 14.4. The van der Waals surface area contributed by atoms with E-state index in [1.165, 1.54) is 17.9 Å². The molecule has 1 aliphatic heterocycles. The SMILES string of the molecule is Cc1cc(-c2[nH]c(C)c(C)c(=O)c2CO)c(N2CCCC(F)(F)CC2)nc1C(F)(F)F. The Bertz CT molecular complexity index is 1050. The van der Waals surface area contributed by atoms with Crippen molar-refractivity contribution in [3.63, 3.8) is 0 Å². The molecule has 3 heterocycles. The van der Waals surface area contributed by atoms with Gasteiger partial charge in [0.2, 0.25) is 5.92 Å². The van der Waals surface area contributed by atoms with E-state index in [-0.39, 0.29) is 54.1 Å². The number of hydrogen-bond acceptors (Lipinski definition) is 4. The van der Waals surface area contributed by atoms with Gasteiger partial charge in [0, 0.05) is 48.3 Å². The monoisotopic (exact) mass is 445 g/mol. The number of aliphatic hydroxyl groups is 1. The zero-order chi connectivity index (χ0) is 23.1. The normalized spacial score (nSPS) is 17.0. The van der Waals surface area contributed by atoms with Crippen molar-refractivity contribution >= 4 is 5.82 Å². The molecule has 5 nitrogen and oxygen atoms in total. The minimum atomic E-state index is -4.73. The molecule has 0 unspecified atom stereocenters. The highest BCUT2D eigenvalue weighted by Gasteiger charge is 2.38. The Morgan fingerprint density at radius 1 is 1.19 bits per heavy atom. The molecule has 0 spiro atoms. The summed E-state index contributed by atoms with van der Waals surface area (Å²) >= 11 is 0. The summed E-state index contributed by atoms with van der Waals surface area (Å²) in [6, 6.07) is 1.24. The molecule has 1 fully saturated rings. The topological polar surface area (TPSA) is 69.2 Å². The fourth-order valence-corrected chi connectivity index (χ4v) is 3.84. The zero-order valence-corrected chi connectivity index (χ0v) is 17.5. The van der Waals surface area contributed by atoms with E-state index in [0.29, 0.717) is 11.3 Å². The molecule has 10 heteroatoms. The van der Waals surface area contributed by atoms with Gasteiger partial charge >= 0.3 is 6.18 Å². The molecule has 2 aromatic heterocycles. The summed E-state index contributed by atoms with van der Waals surface area (Å²) in [6.45, 7) is 3.74. The number of H-pyrrole nitrogens is 1. The van der Waals surface area contributed by atoms with Crippen LogP contribution in [-0.4, -0.2) is 34.1 Å². The summed E-state index contributed by atoms with van der Waals surface area (Å²) in [6.07, 6.45) is -5.53. The number of rotatable bonds is 3. The van der Waals surface area contributed by atoms with Crippen molar-refractivity contribution in [2.75, 3.05) is 18.0 Å². The van der Waals surface area contributed by atoms with Gasteiger partial charge in [-0.3, -0.25) is 4.79 Å². The van der Waals surface area contributed by atoms with E-state index in [2.05, 4.69) is 9.97 Å². The first-order valence-corrected chi connectivity index (χ1v) is 9.91. The Morgan fingerprint density at radius 2 is 1.87 bits per heavy atom. The number of aryl methyl sites for hydroxylation is 2. The average molecular weight is 445 g/mol. The predicted octanol–water partition coefficient (Wildman–Crippen LogP) is 4.50. The molecule has 0 atom stereocenters. The number of anilines is 1. The lowest BCUT2D eigenvalue weighted by Crippen LogP contribution is -2.29. The standard InChI is InChI=1S/C21H24F5N3O2/c1-11-9-14(16-15(10-30)17(31)12(2)13(3)27-16)19(28-18(11)21(24,25)26)29-7-4-5-20(22,23)6-8-29/h9,30H,4-8,10H2,1-3H3,(H,27,31). The van der Waals surface area contributed by atoms with Crippen LogP contribution in [0.3, 0.4) is 0 Å². The average Bonchev–Trinajstić information content (AvgIpc) is 2.85. The number of hydrogen-bond donors (Lipinski definition) is 2. The second-order valence-electron chi connectivity index (χ2n) is 7.94. The molecule has 0 bridgehead atoms. The number of alkyl halides is 5. The molecule has 170 valence electrons. The summed E-state index contributed by atoms with van der Waals surface area (Å²) in [5.41, 5.74) is -0.548. The van der Waals surface area contributed by atoms with Gasteiger partial charge in [-0.1, -0.05) is 0 Å². The van der Waals surface area contributed by atoms with Crippen molar-refractivity contribution in [1.29, 1.82) is 0 Å². The van der Waals surface area contributed by atoms with Crippen molar-refractivity contribution in [2.24, 2.45) is 0 Å². The number of aromatic nitrogens is 2. The number of halogens is 5. The second-order valence-corrected chi connectivity index (χ2v) is 7.94. The van der Waals surface area contributed by atoms with Gasteiger partial charge in [0.05, 0.1) is 12.3 Å². The Kier molecular flexibility index (Phi) is 6.14. The van der Waals surface area contributed by atoms with Crippen LogP contribution in [0.5, 0.6) is 0 Å². The van der Waals surface area contributed by atoms with Crippen molar-refractivity contribution in [1.82, 2.24) is 9.97 Å². The number of nitrogens with one attached hydrogen (secondary N) is 1. The maximum atomic E-state index is 13.9. The molecule has 2 aromatic rings. The van der Waals surface area contributed by atoms with Gasteiger partial charge in [-0.05, 0) is 38.8 Å². The molecule has 0 radical (unpaired) electrons. The lowest BCUT2D eigenvalue weighted by molar-refractivity contribution is -0.141. The van der Waals surface area contributed by atoms with Crippen molar-refractivity contribution in [3.05, 3.63) is 44.4 Å². The van der Waals surface area contributed by atoms with Gasteiger partial charge in [0.15, 0.2) is 5.43 Å². The predicted molar refractivity (Wildman–Crippen MR) is 106 cm³/mol. The maximum absolute atomic E-state index is 13.9. The third kappa shape index (κ3) is 4.58. The molecular formula is C21H24F5N3O2. The lowest BCUT2D eigenvalue weighted by atomic mass is 10.00. The first-order valence-electron chi connectivity index (χ1n) is 9.91. The highest BCUT2D eigenvalue weighted by atomic mass is 19.4. The largest absolute Gasteiger partial charge is 0.433 e. The van der Waals surface area contributed by atoms with E-state index in [1.54, 1.807) is 13.8 Å². The van der Waals surface area contributed by atoms with Gasteiger partial charge in [-0.2, -0.15) is 13.2 Å². The van der Waals surface area contributed by atoms with Crippen LogP contribution in [-0.2, 0) is 12.8 Å². The smallest absolute Gasteiger partial charge is 0.391 e. The number of aromatic amines is 1. The van der Waals surface area contributed by atoms with E-state index in [1.807, 2.05) is 0 Å². The van der Waals surface area contributed by atoms with Crippen LogP contribution < -0.4 is 10.3 Å². The molecule has 1 aliphatic rings. The van der Waals surface area contributed by atoms with E-state index < -0.39 is 36.2 Å². The van der Waals surface area contributed by atoms with Gasteiger partial charge in [0.25, 0.3) is 0 Å². The summed E-state index contributed by atoms with van der Waals surface area (Å²) in [5, 5.41) is 9.81. The highest BCUT2D eigenvalue weighted by molar-refractivity contribution is 5.77. The van der Waals surface area contributed by atoms with Crippen LogP contribution in [0.15, 0.2) is 10.9 Å². The molecule has 0 aliphatic carbocycles. The van der Waals surface area contributed by atoms with Crippen LogP contribution >= 0.6 is 0 Å². The molecule has 2 N–H and O–H groups in total. The Morgan fingerprint density at radius 3 is 2.48 bits per heavy atom. The highest BCUT2D eigenvalue weighted by Crippen LogP contribution is 2.39. The number of pyridine rings is 2. The van der Waals surface area contributed by atoms with E-state index in [4.69, 9.17) is 0 Å². The Labute approximate surface area is 175 Å². The summed E-state index contributed by atoms with van der Waals surface area (Å²) < 4.78 is 68.4. The quantitative estimate of drug-likeness (QED) is 0.683. The second kappa shape index (κ2) is 8.22. The van der Waals surface area contributed by atoms with Crippen molar-refractivity contribution in [3.8, 4) is 11.3 Å². The minimum Gasteiger partial charge on any atom is -0.391 e. The molecule has 3 rings (SSSR count). The molecule has 31 heavy (non-hydrogen) atoms. The van der Waals surface area contributed by atoms with Gasteiger partial charge in [-0.15, -0.1) is 0 Å². The third-order valence-corrected chi connectivity index (χ3v) is 5.70. The number of nitrogens with zero attached hydrogens (tertiary/aromatic N) is 2. The molecule has 0 aromatic carbocycles. The first kappa shape index (κ1) is 23.2. The third-order valence-electron chi connectivity index (χ3n) is 5.70. The Balaban J connectivity index is 2.28. The minimum absolute atomic E-state index is 0.00883. The number of aliphatic hydroxyl groups excluding tert-OH is 1.